The summed E-state index contributed by atoms with van der Waals surface area (Å²) in [6, 6.07) is 30.2. The highest BCUT2D eigenvalue weighted by molar-refractivity contribution is 7.98. The van der Waals surface area contributed by atoms with Crippen LogP contribution in [0.5, 0.6) is 0 Å². The zero-order chi connectivity index (χ0) is 55.4. The fourth-order valence-corrected chi connectivity index (χ4v) is 14.5. The van der Waals surface area contributed by atoms with Crippen LogP contribution in [0, 0.1) is 17.8 Å². The lowest BCUT2D eigenvalue weighted by atomic mass is 9.83. The third-order valence-electron chi connectivity index (χ3n) is 17.7. The number of fused-ring (bicyclic) bond motifs is 2. The fraction of sp³-hybridized carbons (Fsp3) is 0.438. The van der Waals surface area contributed by atoms with E-state index in [2.05, 4.69) is 117 Å². The van der Waals surface area contributed by atoms with Crippen molar-refractivity contribution in [3.8, 4) is 44.8 Å². The number of ether oxygens (including phenoxy) is 2. The van der Waals surface area contributed by atoms with E-state index in [9.17, 15) is 19.2 Å². The number of amides is 3. The van der Waals surface area contributed by atoms with Crippen LogP contribution in [0.15, 0.2) is 109 Å². The van der Waals surface area contributed by atoms with Gasteiger partial charge in [-0.3, -0.25) is 14.5 Å². The number of Topliss-reactive ketones (excluding diaryl/α,β-unsaturated/α-hetero) is 1. The normalized spacial score (nSPS) is 22.0. The third kappa shape index (κ3) is 11.6. The number of nitrogens with zero attached hydrogens (tertiary/aromatic N) is 4. The Labute approximate surface area is 478 Å². The Morgan fingerprint density at radius 3 is 1.98 bits per heavy atom. The predicted octanol–water partition coefficient (Wildman–Crippen LogP) is 12.1. The molecule has 4 bridgehead atoms. The van der Waals surface area contributed by atoms with Gasteiger partial charge in [-0.1, -0.05) is 98.3 Å². The van der Waals surface area contributed by atoms with E-state index in [1.165, 1.54) is 70.7 Å². The Balaban J connectivity index is 0.781. The molecule has 14 nitrogen and oxygen atoms in total. The summed E-state index contributed by atoms with van der Waals surface area (Å²) in [5.41, 5.74) is 15.4. The highest BCUT2D eigenvalue weighted by Crippen LogP contribution is 2.50. The van der Waals surface area contributed by atoms with Crippen molar-refractivity contribution in [1.82, 2.24) is 40.4 Å². The summed E-state index contributed by atoms with van der Waals surface area (Å²) in [4.78, 5) is 73.9. The largest absolute Gasteiger partial charge is 0.453 e. The molecule has 3 fully saturated rings. The van der Waals surface area contributed by atoms with Crippen LogP contribution in [0.25, 0.3) is 44.8 Å². The highest BCUT2D eigenvalue weighted by Gasteiger charge is 2.47. The number of carbonyl (C=O) groups excluding carboxylic acids is 4. The number of likely N-dealkylation sites (tertiary alicyclic amines) is 1. The van der Waals surface area contributed by atoms with Crippen molar-refractivity contribution in [3.05, 3.63) is 143 Å². The monoisotopic (exact) mass is 1110 g/mol. The molecular weight excluding hydrogens is 1040 g/mol. The molecule has 4 N–H and O–H groups in total. The standard InChI is InChI=1S/C64H74N8O6S2/c1-38-30-40-13-16-41(51(32-40)42-17-21-44(22-18-42)55-33-65-60(67-55)58-49-10-6-8-46(49)35-71(58)37-57(73)53(26-28-79-4)69-63(75)77-2)15-12-39-14-25-48(38)52(31-39)43-19-23-45(24-20-43)56-34-66-61(68-56)59-50-11-7-9-47(50)36-72(59)62(74)54(27-29-80-5)70-64(76)78-3/h13-14,16-25,31-34,36,38,46,49-50,53-54,58-59H,6-12,15,26-30,35,37H2,1-5H3,(H,65,67)(H,66,68)(H,69,75)(H,70,76)/t38-,46?,49?,50?,53+,54+,58+,59+/m1/s1. The first kappa shape index (κ1) is 55.3. The van der Waals surface area contributed by atoms with Crippen LogP contribution in [-0.4, -0.2) is 117 Å². The molecule has 2 aliphatic heterocycles. The molecule has 14 rings (SSSR count). The molecule has 0 spiro atoms. The Hall–Kier alpha value is -6.62. The van der Waals surface area contributed by atoms with Crippen molar-refractivity contribution in [2.24, 2.45) is 17.8 Å². The molecule has 3 unspecified atom stereocenters. The number of hydrogen-bond donors (Lipinski definition) is 4. The smallest absolute Gasteiger partial charge is 0.407 e. The second-order valence-corrected chi connectivity index (χ2v) is 24.5. The van der Waals surface area contributed by atoms with Gasteiger partial charge in [0, 0.05) is 18.7 Å². The molecule has 8 atom stereocenters. The number of aryl methyl sites for hydroxylation is 2. The molecule has 6 aromatic rings. The van der Waals surface area contributed by atoms with Crippen molar-refractivity contribution in [3.63, 3.8) is 0 Å². The van der Waals surface area contributed by atoms with E-state index in [1.807, 2.05) is 36.0 Å². The van der Waals surface area contributed by atoms with Crippen molar-refractivity contribution in [2.75, 3.05) is 51.3 Å². The number of aromatic nitrogens is 4. The summed E-state index contributed by atoms with van der Waals surface area (Å²) < 4.78 is 9.77. The SMILES string of the molecule is COC(=O)N[C@@H](CCSC)C(=O)CN1CC2CCCC2[C@H]1c1ncc(-c2ccc(-c3cc4ccc3CCc3ccc(c(-c5ccc(-c6cnc([C@@H]7C8CCCC8=CN7C(=O)[C@H](CCSC)NC(=O)OC)[nH]6)cc5)c3)[C@H](C)C4)cc2)[nH]1. The number of carbonyl (C=O) groups is 4. The van der Waals surface area contributed by atoms with Gasteiger partial charge in [-0.25, -0.2) is 19.6 Å². The maximum absolute atomic E-state index is 14.2. The first-order valence-electron chi connectivity index (χ1n) is 28.5. The lowest BCUT2D eigenvalue weighted by molar-refractivity contribution is -0.133. The van der Waals surface area contributed by atoms with Crippen LogP contribution >= 0.6 is 23.5 Å². The minimum Gasteiger partial charge on any atom is -0.453 e. The molecule has 80 heavy (non-hydrogen) atoms. The van der Waals surface area contributed by atoms with Gasteiger partial charge < -0.3 is 35.0 Å². The summed E-state index contributed by atoms with van der Waals surface area (Å²) in [7, 11) is 2.65. The molecule has 4 aromatic carbocycles. The number of methoxy groups -OCH3 is 2. The second kappa shape index (κ2) is 24.6. The van der Waals surface area contributed by atoms with Crippen LogP contribution in [0.2, 0.25) is 0 Å². The van der Waals surface area contributed by atoms with E-state index in [0.29, 0.717) is 24.7 Å². The van der Waals surface area contributed by atoms with Crippen LogP contribution in [-0.2, 0) is 38.3 Å². The van der Waals surface area contributed by atoms with E-state index in [4.69, 9.17) is 19.4 Å². The number of aromatic amines is 2. The Morgan fingerprint density at radius 1 is 0.688 bits per heavy atom. The number of ketones is 1. The average molecular weight is 1120 g/mol. The lowest BCUT2D eigenvalue weighted by Gasteiger charge is -2.29. The number of benzene rings is 4. The summed E-state index contributed by atoms with van der Waals surface area (Å²) in [5.74, 6) is 4.40. The molecule has 8 aliphatic rings. The summed E-state index contributed by atoms with van der Waals surface area (Å²) in [5, 5.41) is 5.58. The molecule has 16 heteroatoms. The van der Waals surface area contributed by atoms with Crippen molar-refractivity contribution >= 4 is 47.4 Å². The zero-order valence-corrected chi connectivity index (χ0v) is 48.2. The van der Waals surface area contributed by atoms with Crippen molar-refractivity contribution < 1.29 is 28.7 Å². The van der Waals surface area contributed by atoms with Crippen molar-refractivity contribution in [2.45, 2.75) is 108 Å². The Morgan fingerprint density at radius 2 is 1.30 bits per heavy atom. The molecule has 3 amide bonds. The number of imidazole rings is 2. The second-order valence-electron chi connectivity index (χ2n) is 22.6. The van der Waals surface area contributed by atoms with Gasteiger partial charge in [-0.15, -0.1) is 0 Å². The first-order chi connectivity index (χ1) is 39.0. The van der Waals surface area contributed by atoms with Crippen LogP contribution in [0.1, 0.15) is 110 Å². The Kier molecular flexibility index (Phi) is 17.0. The molecule has 6 aliphatic carbocycles. The van der Waals surface area contributed by atoms with Gasteiger partial charge in [0.05, 0.1) is 56.6 Å². The molecule has 0 radical (unpaired) electrons. The number of rotatable bonds is 18. The maximum Gasteiger partial charge on any atom is 0.407 e. The van der Waals surface area contributed by atoms with Gasteiger partial charge in [0.1, 0.15) is 23.7 Å². The number of H-pyrrole nitrogens is 2. The van der Waals surface area contributed by atoms with Crippen molar-refractivity contribution in [1.29, 1.82) is 0 Å². The van der Waals surface area contributed by atoms with E-state index in [0.717, 1.165) is 104 Å². The molecule has 2 aromatic heterocycles. The lowest BCUT2D eigenvalue weighted by Crippen LogP contribution is -2.48. The first-order valence-corrected chi connectivity index (χ1v) is 31.3. The summed E-state index contributed by atoms with van der Waals surface area (Å²) in [6.07, 6.45) is 18.9. The topological polar surface area (TPSA) is 175 Å². The number of alkyl carbamates (subject to hydrolysis) is 2. The van der Waals surface area contributed by atoms with Gasteiger partial charge in [0.15, 0.2) is 5.78 Å². The third-order valence-corrected chi connectivity index (χ3v) is 19.0. The van der Waals surface area contributed by atoms with Gasteiger partial charge in [-0.05, 0) is 167 Å². The van der Waals surface area contributed by atoms with E-state index >= 15 is 0 Å². The number of hydrogen-bond acceptors (Lipinski definition) is 11. The fourth-order valence-electron chi connectivity index (χ4n) is 13.6. The van der Waals surface area contributed by atoms with Gasteiger partial charge in [0.25, 0.3) is 0 Å². The number of nitrogens with one attached hydrogen (secondary N) is 4. The summed E-state index contributed by atoms with van der Waals surface area (Å²) in [6.45, 7) is 3.45. The minimum atomic E-state index is -0.700. The van der Waals surface area contributed by atoms with Crippen LogP contribution in [0.3, 0.4) is 0 Å². The predicted molar refractivity (Wildman–Crippen MR) is 318 cm³/mol. The molecule has 1 saturated heterocycles. The van der Waals surface area contributed by atoms with E-state index < -0.39 is 24.3 Å². The van der Waals surface area contributed by atoms with Crippen LogP contribution in [0.4, 0.5) is 9.59 Å². The molecular formula is C64H74N8O6S2. The van der Waals surface area contributed by atoms with Crippen LogP contribution < -0.4 is 10.6 Å². The quantitative estimate of drug-likeness (QED) is 0.0645. The highest BCUT2D eigenvalue weighted by atomic mass is 32.2. The summed E-state index contributed by atoms with van der Waals surface area (Å²) >= 11 is 3.30. The van der Waals surface area contributed by atoms with E-state index in [1.54, 1.807) is 23.5 Å². The van der Waals surface area contributed by atoms with Gasteiger partial charge >= 0.3 is 12.2 Å². The molecule has 418 valence electrons. The average Bonchev–Trinajstić information content (AvgIpc) is 4.54. The van der Waals surface area contributed by atoms with Gasteiger partial charge in [-0.2, -0.15) is 23.5 Å². The maximum atomic E-state index is 14.2. The molecule has 4 heterocycles. The van der Waals surface area contributed by atoms with Gasteiger partial charge in [0.2, 0.25) is 5.91 Å². The molecule has 2 saturated carbocycles. The Bertz CT molecular complexity index is 3250. The zero-order valence-electron chi connectivity index (χ0n) is 46.6. The van der Waals surface area contributed by atoms with E-state index in [-0.39, 0.29) is 42.2 Å². The number of thioether (sulfide) groups is 2. The minimum absolute atomic E-state index is 0.00752.